The van der Waals surface area contributed by atoms with Gasteiger partial charge in [-0.15, -0.1) is 0 Å². The molecule has 0 aliphatic carbocycles. The summed E-state index contributed by atoms with van der Waals surface area (Å²) in [5, 5.41) is 8.17. The zero-order valence-electron chi connectivity index (χ0n) is 8.74. The van der Waals surface area contributed by atoms with Gasteiger partial charge in [-0.25, -0.2) is 0 Å². The number of nitrogens with two attached hydrogens (primary N) is 1. The normalized spacial score (nSPS) is 10.3. The molecule has 84 valence electrons. The van der Waals surface area contributed by atoms with E-state index in [0.717, 1.165) is 18.7 Å². The first-order valence-electron chi connectivity index (χ1n) is 5.06. The van der Waals surface area contributed by atoms with Gasteiger partial charge in [0.05, 0.1) is 16.4 Å². The van der Waals surface area contributed by atoms with Crippen LogP contribution in [0.25, 0.3) is 0 Å². The Bertz CT molecular complexity index is 434. The van der Waals surface area contributed by atoms with Crippen molar-refractivity contribution < 1.29 is 0 Å². The van der Waals surface area contributed by atoms with Crippen LogP contribution in [0.4, 0.5) is 11.4 Å². The third kappa shape index (κ3) is 2.68. The highest BCUT2D eigenvalue weighted by molar-refractivity contribution is 7.07. The van der Waals surface area contributed by atoms with Crippen LogP contribution in [0.1, 0.15) is 5.56 Å². The van der Waals surface area contributed by atoms with Gasteiger partial charge in [-0.3, -0.25) is 0 Å². The second-order valence-electron chi connectivity index (χ2n) is 3.51. The molecule has 0 aliphatic heterocycles. The molecule has 2 aromatic rings. The number of nitrogens with one attached hydrogen (secondary N) is 1. The largest absolute Gasteiger partial charge is 0.397 e. The van der Waals surface area contributed by atoms with Crippen molar-refractivity contribution in [3.8, 4) is 0 Å². The lowest BCUT2D eigenvalue weighted by atomic mass is 10.2. The molecule has 0 spiro atoms. The Kier molecular flexibility index (Phi) is 3.70. The molecule has 2 rings (SSSR count). The molecule has 4 heteroatoms. The average molecular weight is 253 g/mol. The van der Waals surface area contributed by atoms with Crippen molar-refractivity contribution in [2.75, 3.05) is 17.6 Å². The molecule has 1 heterocycles. The molecule has 0 saturated heterocycles. The monoisotopic (exact) mass is 252 g/mol. The van der Waals surface area contributed by atoms with Crippen LogP contribution in [-0.4, -0.2) is 6.54 Å². The average Bonchev–Trinajstić information content (AvgIpc) is 2.75. The van der Waals surface area contributed by atoms with Gasteiger partial charge in [0.2, 0.25) is 0 Å². The summed E-state index contributed by atoms with van der Waals surface area (Å²) in [4.78, 5) is 0. The summed E-state index contributed by atoms with van der Waals surface area (Å²) in [5.74, 6) is 0. The van der Waals surface area contributed by atoms with E-state index in [0.29, 0.717) is 10.7 Å². The standard InChI is InChI=1S/C12H13ClN2S/c13-10-2-1-3-11(14)12(10)15-6-4-9-5-7-16-8-9/h1-3,5,7-8,15H,4,6,14H2. The minimum absolute atomic E-state index is 0.672. The topological polar surface area (TPSA) is 38.0 Å². The van der Waals surface area contributed by atoms with Crippen LogP contribution < -0.4 is 11.1 Å². The van der Waals surface area contributed by atoms with Gasteiger partial charge in [0.1, 0.15) is 0 Å². The number of hydrogen-bond donors (Lipinski definition) is 2. The number of halogens is 1. The van der Waals surface area contributed by atoms with Gasteiger partial charge in [-0.1, -0.05) is 17.7 Å². The fraction of sp³-hybridized carbons (Fsp3) is 0.167. The zero-order valence-corrected chi connectivity index (χ0v) is 10.3. The fourth-order valence-electron chi connectivity index (χ4n) is 1.49. The van der Waals surface area contributed by atoms with E-state index in [4.69, 9.17) is 17.3 Å². The van der Waals surface area contributed by atoms with Crippen LogP contribution in [0.15, 0.2) is 35.0 Å². The van der Waals surface area contributed by atoms with Crippen LogP contribution >= 0.6 is 22.9 Å². The van der Waals surface area contributed by atoms with Crippen LogP contribution in [0.3, 0.4) is 0 Å². The summed E-state index contributed by atoms with van der Waals surface area (Å²) in [6, 6.07) is 7.66. The number of thiophene rings is 1. The summed E-state index contributed by atoms with van der Waals surface area (Å²) in [6.45, 7) is 0.838. The van der Waals surface area contributed by atoms with Crippen molar-refractivity contribution in [3.63, 3.8) is 0 Å². The van der Waals surface area contributed by atoms with Gasteiger partial charge in [0.25, 0.3) is 0 Å². The van der Waals surface area contributed by atoms with E-state index in [1.54, 1.807) is 11.3 Å². The first-order valence-corrected chi connectivity index (χ1v) is 6.38. The summed E-state index contributed by atoms with van der Waals surface area (Å²) in [5.41, 5.74) is 8.70. The maximum atomic E-state index is 6.05. The quantitative estimate of drug-likeness (QED) is 0.816. The Hall–Kier alpha value is -1.19. The van der Waals surface area contributed by atoms with E-state index in [-0.39, 0.29) is 0 Å². The highest BCUT2D eigenvalue weighted by Crippen LogP contribution is 2.27. The molecule has 2 nitrogen and oxygen atoms in total. The number of anilines is 2. The lowest BCUT2D eigenvalue weighted by molar-refractivity contribution is 1.03. The van der Waals surface area contributed by atoms with Crippen molar-refractivity contribution in [1.82, 2.24) is 0 Å². The summed E-state index contributed by atoms with van der Waals surface area (Å²) >= 11 is 7.76. The summed E-state index contributed by atoms with van der Waals surface area (Å²) in [7, 11) is 0. The highest BCUT2D eigenvalue weighted by Gasteiger charge is 2.03. The predicted molar refractivity (Wildman–Crippen MR) is 72.4 cm³/mol. The SMILES string of the molecule is Nc1cccc(Cl)c1NCCc1ccsc1. The van der Waals surface area contributed by atoms with Crippen molar-refractivity contribution in [2.45, 2.75) is 6.42 Å². The summed E-state index contributed by atoms with van der Waals surface area (Å²) in [6.07, 6.45) is 0.980. The van der Waals surface area contributed by atoms with E-state index < -0.39 is 0 Å². The van der Waals surface area contributed by atoms with Crippen LogP contribution in [-0.2, 0) is 6.42 Å². The molecule has 16 heavy (non-hydrogen) atoms. The number of rotatable bonds is 4. The van der Waals surface area contributed by atoms with E-state index in [1.165, 1.54) is 5.56 Å². The van der Waals surface area contributed by atoms with Gasteiger partial charge in [-0.05, 0) is 40.9 Å². The molecule has 0 unspecified atom stereocenters. The minimum atomic E-state index is 0.672. The molecule has 0 amide bonds. The van der Waals surface area contributed by atoms with Gasteiger partial charge >= 0.3 is 0 Å². The molecule has 1 aromatic carbocycles. The van der Waals surface area contributed by atoms with Gasteiger partial charge in [0.15, 0.2) is 0 Å². The number of hydrogen-bond acceptors (Lipinski definition) is 3. The van der Waals surface area contributed by atoms with E-state index in [9.17, 15) is 0 Å². The van der Waals surface area contributed by atoms with E-state index in [2.05, 4.69) is 22.1 Å². The number of benzene rings is 1. The van der Waals surface area contributed by atoms with Crippen molar-refractivity contribution >= 4 is 34.3 Å². The second-order valence-corrected chi connectivity index (χ2v) is 4.70. The fourth-order valence-corrected chi connectivity index (χ4v) is 2.45. The van der Waals surface area contributed by atoms with E-state index >= 15 is 0 Å². The third-order valence-corrected chi connectivity index (χ3v) is 3.39. The molecular formula is C12H13ClN2S. The second kappa shape index (κ2) is 5.23. The Balaban J connectivity index is 1.95. The predicted octanol–water partition coefficient (Wildman–Crippen LogP) is 3.64. The number of para-hydroxylation sites is 1. The highest BCUT2D eigenvalue weighted by atomic mass is 35.5. The Morgan fingerprint density at radius 2 is 2.19 bits per heavy atom. The molecule has 1 aromatic heterocycles. The van der Waals surface area contributed by atoms with Crippen molar-refractivity contribution in [1.29, 1.82) is 0 Å². The third-order valence-electron chi connectivity index (χ3n) is 2.34. The van der Waals surface area contributed by atoms with Crippen LogP contribution in [0.2, 0.25) is 5.02 Å². The van der Waals surface area contributed by atoms with Crippen molar-refractivity contribution in [3.05, 3.63) is 45.6 Å². The lowest BCUT2D eigenvalue weighted by Crippen LogP contribution is -2.06. The molecule has 0 bridgehead atoms. The Morgan fingerprint density at radius 1 is 1.31 bits per heavy atom. The smallest absolute Gasteiger partial charge is 0.0763 e. The number of nitrogen functional groups attached to an aromatic ring is 1. The van der Waals surface area contributed by atoms with Gasteiger partial charge in [0, 0.05) is 6.54 Å². The van der Waals surface area contributed by atoms with E-state index in [1.807, 2.05) is 18.2 Å². The maximum absolute atomic E-state index is 6.05. The molecule has 0 saturated carbocycles. The molecule has 3 N–H and O–H groups in total. The van der Waals surface area contributed by atoms with Gasteiger partial charge in [-0.2, -0.15) is 11.3 Å². The van der Waals surface area contributed by atoms with Crippen LogP contribution in [0, 0.1) is 0 Å². The molecule has 0 atom stereocenters. The lowest BCUT2D eigenvalue weighted by Gasteiger charge is -2.10. The molecule has 0 radical (unpaired) electrons. The Labute approximate surface area is 104 Å². The first-order chi connectivity index (χ1) is 7.77. The van der Waals surface area contributed by atoms with Crippen LogP contribution in [0.5, 0.6) is 0 Å². The molecular weight excluding hydrogens is 240 g/mol. The van der Waals surface area contributed by atoms with Gasteiger partial charge < -0.3 is 11.1 Å². The molecule has 0 aliphatic rings. The van der Waals surface area contributed by atoms with Crippen molar-refractivity contribution in [2.24, 2.45) is 0 Å². The first kappa shape index (κ1) is 11.3. The maximum Gasteiger partial charge on any atom is 0.0763 e. The zero-order chi connectivity index (χ0) is 11.4. The Morgan fingerprint density at radius 3 is 2.88 bits per heavy atom. The summed E-state index contributed by atoms with van der Waals surface area (Å²) < 4.78 is 0. The molecule has 0 fully saturated rings. The minimum Gasteiger partial charge on any atom is -0.397 e.